The summed E-state index contributed by atoms with van der Waals surface area (Å²) in [6.45, 7) is 7.64. The molecule has 1 aromatic carbocycles. The van der Waals surface area contributed by atoms with Crippen molar-refractivity contribution in [3.63, 3.8) is 0 Å². The molecule has 0 radical (unpaired) electrons. The quantitative estimate of drug-likeness (QED) is 0.701. The minimum atomic E-state index is -0.172. The summed E-state index contributed by atoms with van der Waals surface area (Å²) in [7, 11) is 0. The van der Waals surface area contributed by atoms with Gasteiger partial charge in [-0.1, -0.05) is 24.3 Å². The van der Waals surface area contributed by atoms with Crippen LogP contribution in [0.25, 0.3) is 0 Å². The summed E-state index contributed by atoms with van der Waals surface area (Å²) in [6.07, 6.45) is 3.42. The number of amides is 1. The second-order valence-electron chi connectivity index (χ2n) is 7.48. The molecule has 0 bridgehead atoms. The fourth-order valence-electron chi connectivity index (χ4n) is 3.76. The Morgan fingerprint density at radius 1 is 1.15 bits per heavy atom. The first-order valence-electron chi connectivity index (χ1n) is 9.52. The summed E-state index contributed by atoms with van der Waals surface area (Å²) in [5.41, 5.74) is 2.39. The van der Waals surface area contributed by atoms with Crippen molar-refractivity contribution in [1.29, 1.82) is 0 Å². The van der Waals surface area contributed by atoms with Crippen molar-refractivity contribution in [3.05, 3.63) is 35.4 Å². The number of hydrogen-bond acceptors (Lipinski definition) is 5. The lowest BCUT2D eigenvalue weighted by Gasteiger charge is -2.35. The molecule has 0 spiro atoms. The van der Waals surface area contributed by atoms with Gasteiger partial charge in [-0.2, -0.15) is 11.8 Å². The molecule has 2 aliphatic rings. The van der Waals surface area contributed by atoms with E-state index in [1.165, 1.54) is 5.56 Å². The molecule has 1 amide bonds. The second kappa shape index (κ2) is 9.37. The van der Waals surface area contributed by atoms with E-state index in [4.69, 9.17) is 17.0 Å². The highest BCUT2D eigenvalue weighted by Crippen LogP contribution is 2.18. The number of ether oxygens (including phenoxy) is 1. The van der Waals surface area contributed by atoms with Gasteiger partial charge in [-0.05, 0) is 55.6 Å². The lowest BCUT2D eigenvalue weighted by molar-refractivity contribution is -0.127. The van der Waals surface area contributed by atoms with Gasteiger partial charge in [0, 0.05) is 19.6 Å². The molecular formula is C20H29N3O2S2. The van der Waals surface area contributed by atoms with Crippen molar-refractivity contribution < 1.29 is 9.53 Å². The molecule has 5 nitrogen and oxygen atoms in total. The van der Waals surface area contributed by atoms with E-state index in [1.807, 2.05) is 0 Å². The van der Waals surface area contributed by atoms with E-state index >= 15 is 0 Å². The molecule has 1 N–H and O–H groups in total. The first kappa shape index (κ1) is 20.6. The van der Waals surface area contributed by atoms with Crippen LogP contribution in [0.1, 0.15) is 31.4 Å². The van der Waals surface area contributed by atoms with Crippen LogP contribution >= 0.6 is 24.0 Å². The number of hydrogen-bond donors (Lipinski definition) is 1. The number of nitrogens with one attached hydrogen (secondary N) is 1. The second-order valence-corrected chi connectivity index (χ2v) is 8.85. The van der Waals surface area contributed by atoms with E-state index in [1.54, 1.807) is 16.7 Å². The third-order valence-corrected chi connectivity index (χ3v) is 5.96. The molecule has 2 heterocycles. The monoisotopic (exact) mass is 407 g/mol. The lowest BCUT2D eigenvalue weighted by atomic mass is 10.1. The highest BCUT2D eigenvalue weighted by Gasteiger charge is 2.34. The highest BCUT2D eigenvalue weighted by molar-refractivity contribution is 7.98. The van der Waals surface area contributed by atoms with Gasteiger partial charge in [0.1, 0.15) is 6.04 Å². The Kier molecular flexibility index (Phi) is 7.14. The van der Waals surface area contributed by atoms with Crippen LogP contribution in [-0.4, -0.2) is 64.2 Å². The zero-order valence-corrected chi connectivity index (χ0v) is 17.9. The van der Waals surface area contributed by atoms with Crippen molar-refractivity contribution in [3.8, 4) is 0 Å². The van der Waals surface area contributed by atoms with E-state index in [9.17, 15) is 4.79 Å². The average Bonchev–Trinajstić information content (AvgIpc) is 2.88. The van der Waals surface area contributed by atoms with Crippen molar-refractivity contribution in [2.24, 2.45) is 0 Å². The number of thiocarbonyl (C=S) groups is 1. The third-order valence-electron chi connectivity index (χ3n) is 4.98. The Morgan fingerprint density at radius 3 is 2.33 bits per heavy atom. The molecule has 1 aromatic rings. The summed E-state index contributed by atoms with van der Waals surface area (Å²) in [4.78, 5) is 16.7. The molecule has 2 saturated heterocycles. The van der Waals surface area contributed by atoms with Gasteiger partial charge in [-0.15, -0.1) is 0 Å². The molecule has 0 saturated carbocycles. The van der Waals surface area contributed by atoms with Crippen LogP contribution in [0.4, 0.5) is 0 Å². The number of nitrogens with zero attached hydrogens (tertiary/aromatic N) is 2. The number of benzene rings is 1. The number of carbonyl (C=O) groups excluding carboxylic acids is 1. The average molecular weight is 408 g/mol. The van der Waals surface area contributed by atoms with Crippen molar-refractivity contribution in [2.45, 2.75) is 51.6 Å². The first-order valence-corrected chi connectivity index (χ1v) is 11.3. The maximum atomic E-state index is 12.6. The number of thioether (sulfide) groups is 1. The summed E-state index contributed by atoms with van der Waals surface area (Å²) in [5.74, 6) is 1.04. The molecule has 3 rings (SSSR count). The minimum Gasteiger partial charge on any atom is -0.373 e. The topological polar surface area (TPSA) is 44.8 Å². The van der Waals surface area contributed by atoms with Crippen LogP contribution in [0.5, 0.6) is 0 Å². The molecule has 3 atom stereocenters. The maximum absolute atomic E-state index is 12.6. The number of carbonyl (C=O) groups is 1. The normalized spacial score (nSPS) is 26.5. The van der Waals surface area contributed by atoms with E-state index in [-0.39, 0.29) is 24.2 Å². The summed E-state index contributed by atoms with van der Waals surface area (Å²) in [5, 5.41) is 3.71. The van der Waals surface area contributed by atoms with E-state index < -0.39 is 0 Å². The first-order chi connectivity index (χ1) is 13.0. The third kappa shape index (κ3) is 5.44. The lowest BCUT2D eigenvalue weighted by Crippen LogP contribution is -2.44. The van der Waals surface area contributed by atoms with Crippen molar-refractivity contribution in [1.82, 2.24) is 15.1 Å². The molecule has 7 heteroatoms. The smallest absolute Gasteiger partial charge is 0.251 e. The minimum absolute atomic E-state index is 0.0921. The van der Waals surface area contributed by atoms with Gasteiger partial charge in [-0.3, -0.25) is 14.6 Å². The van der Waals surface area contributed by atoms with Gasteiger partial charge >= 0.3 is 0 Å². The Hall–Kier alpha value is -1.15. The molecule has 27 heavy (non-hydrogen) atoms. The maximum Gasteiger partial charge on any atom is 0.251 e. The molecule has 0 aliphatic carbocycles. The Bertz CT molecular complexity index is 658. The highest BCUT2D eigenvalue weighted by atomic mass is 32.2. The fourth-order valence-corrected chi connectivity index (χ4v) is 4.53. The molecule has 0 unspecified atom stereocenters. The molecular weight excluding hydrogens is 378 g/mol. The summed E-state index contributed by atoms with van der Waals surface area (Å²) >= 11 is 7.12. The molecule has 148 valence electrons. The fraction of sp³-hybridized carbons (Fsp3) is 0.600. The van der Waals surface area contributed by atoms with Gasteiger partial charge in [0.15, 0.2) is 5.11 Å². The molecule has 0 aromatic heterocycles. The van der Waals surface area contributed by atoms with Gasteiger partial charge in [0.2, 0.25) is 0 Å². The van der Waals surface area contributed by atoms with Crippen molar-refractivity contribution in [2.75, 3.05) is 25.1 Å². The van der Waals surface area contributed by atoms with Crippen LogP contribution in [0.2, 0.25) is 0 Å². The van der Waals surface area contributed by atoms with Gasteiger partial charge < -0.3 is 10.1 Å². The van der Waals surface area contributed by atoms with Crippen LogP contribution in [-0.2, 0) is 22.6 Å². The summed E-state index contributed by atoms with van der Waals surface area (Å²) in [6, 6.07) is 8.35. The van der Waals surface area contributed by atoms with Gasteiger partial charge in [-0.25, -0.2) is 0 Å². The predicted octanol–water partition coefficient (Wildman–Crippen LogP) is 2.63. The van der Waals surface area contributed by atoms with Gasteiger partial charge in [0.05, 0.1) is 18.8 Å². The Morgan fingerprint density at radius 2 is 1.74 bits per heavy atom. The van der Waals surface area contributed by atoms with Gasteiger partial charge in [0.25, 0.3) is 5.91 Å². The largest absolute Gasteiger partial charge is 0.373 e. The molecule has 2 fully saturated rings. The van der Waals surface area contributed by atoms with Crippen LogP contribution in [0.3, 0.4) is 0 Å². The molecule has 2 aliphatic heterocycles. The van der Waals surface area contributed by atoms with Crippen LogP contribution < -0.4 is 5.32 Å². The van der Waals surface area contributed by atoms with Crippen LogP contribution in [0.15, 0.2) is 24.3 Å². The van der Waals surface area contributed by atoms with Crippen LogP contribution in [0, 0.1) is 0 Å². The summed E-state index contributed by atoms with van der Waals surface area (Å²) < 4.78 is 5.80. The van der Waals surface area contributed by atoms with Crippen molar-refractivity contribution >= 4 is 35.0 Å². The standard InChI is InChI=1S/C20H29N3O2S2/c1-14-10-22(11-15(2)25-14)12-16-4-6-17(7-5-16)13-23-19(24)18(8-9-27-3)21-20(23)26/h4-7,14-15,18H,8-13H2,1-3H3,(H,21,26)/t14-,15+,18-/m1/s1. The zero-order valence-electron chi connectivity index (χ0n) is 16.3. The number of rotatable bonds is 7. The zero-order chi connectivity index (χ0) is 19.4. The number of morpholine rings is 1. The SMILES string of the molecule is CSCC[C@H]1NC(=S)N(Cc2ccc(CN3C[C@@H](C)O[C@@H](C)C3)cc2)C1=O. The van der Waals surface area contributed by atoms with E-state index in [0.717, 1.165) is 37.4 Å². The van der Waals surface area contributed by atoms with E-state index in [0.29, 0.717) is 11.7 Å². The Labute approximate surface area is 171 Å². The Balaban J connectivity index is 1.56. The predicted molar refractivity (Wildman–Crippen MR) is 115 cm³/mol. The van der Waals surface area contributed by atoms with E-state index in [2.05, 4.69) is 54.6 Å².